The third-order valence-corrected chi connectivity index (χ3v) is 3.93. The first-order valence-corrected chi connectivity index (χ1v) is 7.71. The van der Waals surface area contributed by atoms with Crippen LogP contribution in [0.15, 0.2) is 43.0 Å². The molecule has 3 heterocycles. The van der Waals surface area contributed by atoms with Crippen LogP contribution in [0.1, 0.15) is 18.5 Å². The van der Waals surface area contributed by atoms with Gasteiger partial charge >= 0.3 is 6.03 Å². The summed E-state index contributed by atoms with van der Waals surface area (Å²) in [7, 11) is 0. The largest absolute Gasteiger partial charge is 0.337 e. The smallest absolute Gasteiger partial charge is 0.317 e. The van der Waals surface area contributed by atoms with Gasteiger partial charge in [0.05, 0.1) is 6.04 Å². The zero-order valence-electron chi connectivity index (χ0n) is 13.1. The SMILES string of the molecule is CC(NC(=O)N1CCN(c2ncccn2)CC1)c1cccnc1. The number of nitrogens with one attached hydrogen (secondary N) is 1. The molecule has 1 N–H and O–H groups in total. The lowest BCUT2D eigenvalue weighted by molar-refractivity contribution is 0.191. The quantitative estimate of drug-likeness (QED) is 0.929. The van der Waals surface area contributed by atoms with Crippen LogP contribution in [0.5, 0.6) is 0 Å². The zero-order valence-corrected chi connectivity index (χ0v) is 13.1. The van der Waals surface area contributed by atoms with Crippen LogP contribution in [-0.2, 0) is 0 Å². The molecule has 7 nitrogen and oxygen atoms in total. The molecular weight excluding hydrogens is 292 g/mol. The van der Waals surface area contributed by atoms with Gasteiger partial charge in [-0.1, -0.05) is 6.07 Å². The summed E-state index contributed by atoms with van der Waals surface area (Å²) in [5.74, 6) is 0.719. The van der Waals surface area contributed by atoms with E-state index in [4.69, 9.17) is 0 Å². The molecule has 0 saturated carbocycles. The molecule has 0 spiro atoms. The van der Waals surface area contributed by atoms with Crippen molar-refractivity contribution in [3.05, 3.63) is 48.5 Å². The topological polar surface area (TPSA) is 74.2 Å². The number of anilines is 1. The van der Waals surface area contributed by atoms with E-state index in [9.17, 15) is 4.79 Å². The van der Waals surface area contributed by atoms with Crippen molar-refractivity contribution in [3.63, 3.8) is 0 Å². The van der Waals surface area contributed by atoms with Crippen LogP contribution >= 0.6 is 0 Å². The van der Waals surface area contributed by atoms with Gasteiger partial charge in [-0.25, -0.2) is 14.8 Å². The first kappa shape index (κ1) is 15.2. The predicted octanol–water partition coefficient (Wildman–Crippen LogP) is 1.46. The fraction of sp³-hybridized carbons (Fsp3) is 0.375. The maximum absolute atomic E-state index is 12.4. The second-order valence-electron chi connectivity index (χ2n) is 5.48. The van der Waals surface area contributed by atoms with Crippen LogP contribution in [0.2, 0.25) is 0 Å². The summed E-state index contributed by atoms with van der Waals surface area (Å²) in [6.07, 6.45) is 6.96. The maximum atomic E-state index is 12.4. The Hall–Kier alpha value is -2.70. The highest BCUT2D eigenvalue weighted by atomic mass is 16.2. The van der Waals surface area contributed by atoms with E-state index in [-0.39, 0.29) is 12.1 Å². The van der Waals surface area contributed by atoms with Crippen molar-refractivity contribution in [2.75, 3.05) is 31.1 Å². The molecule has 23 heavy (non-hydrogen) atoms. The van der Waals surface area contributed by atoms with E-state index in [1.165, 1.54) is 0 Å². The standard InChI is InChI=1S/C16H20N6O/c1-13(14-4-2-5-17-12-14)20-16(23)22-10-8-21(9-11-22)15-18-6-3-7-19-15/h2-7,12-13H,8-11H2,1H3,(H,20,23). The summed E-state index contributed by atoms with van der Waals surface area (Å²) < 4.78 is 0. The lowest BCUT2D eigenvalue weighted by atomic mass is 10.1. The molecule has 2 aromatic heterocycles. The molecule has 1 fully saturated rings. The van der Waals surface area contributed by atoms with Crippen molar-refractivity contribution < 1.29 is 4.79 Å². The van der Waals surface area contributed by atoms with E-state index in [0.29, 0.717) is 13.1 Å². The summed E-state index contributed by atoms with van der Waals surface area (Å²) in [5.41, 5.74) is 0.997. The number of pyridine rings is 1. The second kappa shape index (κ2) is 7.04. The van der Waals surface area contributed by atoms with E-state index in [2.05, 4.69) is 25.2 Å². The molecular formula is C16H20N6O. The lowest BCUT2D eigenvalue weighted by Crippen LogP contribution is -2.52. The molecule has 0 aliphatic carbocycles. The van der Waals surface area contributed by atoms with Gasteiger partial charge in [0.1, 0.15) is 0 Å². The lowest BCUT2D eigenvalue weighted by Gasteiger charge is -2.35. The Kier molecular flexibility index (Phi) is 4.65. The summed E-state index contributed by atoms with van der Waals surface area (Å²) in [4.78, 5) is 28.9. The third kappa shape index (κ3) is 3.74. The summed E-state index contributed by atoms with van der Waals surface area (Å²) >= 11 is 0. The Morgan fingerprint density at radius 2 is 1.87 bits per heavy atom. The second-order valence-corrected chi connectivity index (χ2v) is 5.48. The van der Waals surface area contributed by atoms with Crippen LogP contribution in [0.4, 0.5) is 10.7 Å². The highest BCUT2D eigenvalue weighted by Gasteiger charge is 2.23. The molecule has 1 aliphatic rings. The average molecular weight is 312 g/mol. The molecule has 0 bridgehead atoms. The van der Waals surface area contributed by atoms with Gasteiger partial charge in [0.25, 0.3) is 0 Å². The van der Waals surface area contributed by atoms with Gasteiger partial charge in [-0.15, -0.1) is 0 Å². The normalized spacial score (nSPS) is 16.0. The molecule has 2 aromatic rings. The van der Waals surface area contributed by atoms with Gasteiger partial charge in [0.15, 0.2) is 0 Å². The van der Waals surface area contributed by atoms with Crippen molar-refractivity contribution in [2.24, 2.45) is 0 Å². The molecule has 1 unspecified atom stereocenters. The molecule has 2 amide bonds. The average Bonchev–Trinajstić information content (AvgIpc) is 2.63. The molecule has 1 aliphatic heterocycles. The number of rotatable bonds is 3. The molecule has 1 saturated heterocycles. The van der Waals surface area contributed by atoms with E-state index >= 15 is 0 Å². The maximum Gasteiger partial charge on any atom is 0.317 e. The van der Waals surface area contributed by atoms with E-state index in [1.54, 1.807) is 30.9 Å². The molecule has 7 heteroatoms. The van der Waals surface area contributed by atoms with Crippen molar-refractivity contribution in [2.45, 2.75) is 13.0 Å². The van der Waals surface area contributed by atoms with Crippen molar-refractivity contribution in [3.8, 4) is 0 Å². The Bertz CT molecular complexity index is 628. The number of amides is 2. The Morgan fingerprint density at radius 3 is 2.52 bits per heavy atom. The van der Waals surface area contributed by atoms with Gasteiger partial charge in [-0.3, -0.25) is 4.98 Å². The van der Waals surface area contributed by atoms with Gasteiger partial charge in [-0.05, 0) is 24.6 Å². The minimum Gasteiger partial charge on any atom is -0.337 e. The monoisotopic (exact) mass is 312 g/mol. The fourth-order valence-corrected chi connectivity index (χ4v) is 2.56. The van der Waals surface area contributed by atoms with Gasteiger partial charge in [0.2, 0.25) is 5.95 Å². The first-order chi connectivity index (χ1) is 11.2. The number of hydrogen-bond acceptors (Lipinski definition) is 5. The zero-order chi connectivity index (χ0) is 16.1. The van der Waals surface area contributed by atoms with Crippen molar-refractivity contribution in [1.82, 2.24) is 25.2 Å². The third-order valence-electron chi connectivity index (χ3n) is 3.93. The number of nitrogens with zero attached hydrogens (tertiary/aromatic N) is 5. The molecule has 120 valence electrons. The summed E-state index contributed by atoms with van der Waals surface area (Å²) in [5, 5.41) is 3.02. The number of piperazine rings is 1. The summed E-state index contributed by atoms with van der Waals surface area (Å²) in [6, 6.07) is 5.52. The van der Waals surface area contributed by atoms with Crippen LogP contribution in [0, 0.1) is 0 Å². The van der Waals surface area contributed by atoms with Gasteiger partial charge < -0.3 is 15.1 Å². The van der Waals surface area contributed by atoms with Gasteiger partial charge in [-0.2, -0.15) is 0 Å². The molecule has 1 atom stereocenters. The number of carbonyl (C=O) groups excluding carboxylic acids is 1. The van der Waals surface area contributed by atoms with Crippen molar-refractivity contribution in [1.29, 1.82) is 0 Å². The Morgan fingerprint density at radius 1 is 1.13 bits per heavy atom. The minimum absolute atomic E-state index is 0.0463. The van der Waals surface area contributed by atoms with E-state index in [0.717, 1.165) is 24.6 Å². The molecule has 0 radical (unpaired) electrons. The van der Waals surface area contributed by atoms with Crippen LogP contribution in [0.25, 0.3) is 0 Å². The number of aromatic nitrogens is 3. The first-order valence-electron chi connectivity index (χ1n) is 7.71. The highest BCUT2D eigenvalue weighted by molar-refractivity contribution is 5.75. The van der Waals surface area contributed by atoms with Crippen LogP contribution in [-0.4, -0.2) is 52.1 Å². The van der Waals surface area contributed by atoms with Crippen LogP contribution < -0.4 is 10.2 Å². The van der Waals surface area contributed by atoms with E-state index < -0.39 is 0 Å². The molecule has 3 rings (SSSR count). The summed E-state index contributed by atoms with van der Waals surface area (Å²) in [6.45, 7) is 4.74. The fourth-order valence-electron chi connectivity index (χ4n) is 2.56. The minimum atomic E-state index is -0.0633. The highest BCUT2D eigenvalue weighted by Crippen LogP contribution is 2.13. The Balaban J connectivity index is 1.52. The number of carbonyl (C=O) groups is 1. The predicted molar refractivity (Wildman–Crippen MR) is 87.0 cm³/mol. The molecule has 0 aromatic carbocycles. The van der Waals surface area contributed by atoms with Gasteiger partial charge in [0, 0.05) is 51.0 Å². The number of hydrogen-bond donors (Lipinski definition) is 1. The number of urea groups is 1. The van der Waals surface area contributed by atoms with E-state index in [1.807, 2.05) is 24.0 Å². The Labute approximate surface area is 135 Å². The van der Waals surface area contributed by atoms with Crippen molar-refractivity contribution >= 4 is 12.0 Å². The van der Waals surface area contributed by atoms with Crippen LogP contribution in [0.3, 0.4) is 0 Å².